The summed E-state index contributed by atoms with van der Waals surface area (Å²) in [4.78, 5) is 16.3. The summed E-state index contributed by atoms with van der Waals surface area (Å²) in [5.41, 5.74) is 9.23. The largest absolute Gasteiger partial charge is 0.369 e. The van der Waals surface area contributed by atoms with E-state index in [1.165, 1.54) is 10.6 Å². The fourth-order valence-electron chi connectivity index (χ4n) is 2.27. The molecule has 2 aromatic carbocycles. The number of aromatic nitrogens is 2. The molecule has 0 fully saturated rings. The average Bonchev–Trinajstić information content (AvgIpc) is 2.53. The second-order valence-electron chi connectivity index (χ2n) is 4.81. The van der Waals surface area contributed by atoms with Gasteiger partial charge in [-0.25, -0.2) is 4.98 Å². The maximum absolute atomic E-state index is 11.9. The highest BCUT2D eigenvalue weighted by Gasteiger charge is 2.10. The first-order valence-electron chi connectivity index (χ1n) is 6.65. The molecule has 0 spiro atoms. The summed E-state index contributed by atoms with van der Waals surface area (Å²) in [5.74, 6) is 0.209. The molecule has 0 atom stereocenters. The third-order valence-corrected chi connectivity index (χ3v) is 3.46. The number of hydrogen-bond acceptors (Lipinski definition) is 3. The molecule has 21 heavy (non-hydrogen) atoms. The first kappa shape index (κ1) is 13.1. The van der Waals surface area contributed by atoms with Gasteiger partial charge in [-0.1, -0.05) is 54.6 Å². The number of nitrogens with two attached hydrogens (primary N) is 1. The van der Waals surface area contributed by atoms with E-state index in [9.17, 15) is 4.79 Å². The Kier molecular flexibility index (Phi) is 3.28. The van der Waals surface area contributed by atoms with Gasteiger partial charge in [0.1, 0.15) is 0 Å². The van der Waals surface area contributed by atoms with E-state index in [1.807, 2.05) is 54.6 Å². The lowest BCUT2D eigenvalue weighted by atomic mass is 9.97. The quantitative estimate of drug-likeness (QED) is 0.783. The lowest BCUT2D eigenvalue weighted by Gasteiger charge is -2.10. The molecule has 3 rings (SSSR count). The van der Waals surface area contributed by atoms with Crippen molar-refractivity contribution in [3.8, 4) is 22.4 Å². The minimum absolute atomic E-state index is 0.166. The fourth-order valence-corrected chi connectivity index (χ4v) is 2.27. The van der Waals surface area contributed by atoms with Crippen molar-refractivity contribution in [2.24, 2.45) is 7.05 Å². The Labute approximate surface area is 122 Å². The Bertz CT molecular complexity index is 838. The second kappa shape index (κ2) is 5.25. The Balaban J connectivity index is 2.23. The van der Waals surface area contributed by atoms with Gasteiger partial charge < -0.3 is 5.73 Å². The lowest BCUT2D eigenvalue weighted by Crippen LogP contribution is -2.20. The molecule has 0 aliphatic rings. The van der Waals surface area contributed by atoms with Gasteiger partial charge in [-0.05, 0) is 11.1 Å². The van der Waals surface area contributed by atoms with Crippen LogP contribution in [0.2, 0.25) is 0 Å². The van der Waals surface area contributed by atoms with E-state index in [0.29, 0.717) is 5.69 Å². The third kappa shape index (κ3) is 2.43. The molecule has 0 saturated carbocycles. The van der Waals surface area contributed by atoms with Crippen LogP contribution in [0.4, 0.5) is 5.95 Å². The van der Waals surface area contributed by atoms with Gasteiger partial charge in [-0.3, -0.25) is 9.36 Å². The summed E-state index contributed by atoms with van der Waals surface area (Å²) in [6, 6.07) is 19.4. The number of nitrogen functional groups attached to an aromatic ring is 1. The van der Waals surface area contributed by atoms with E-state index in [-0.39, 0.29) is 11.5 Å². The molecule has 0 aliphatic heterocycles. The monoisotopic (exact) mass is 277 g/mol. The molecular formula is C17H15N3O. The van der Waals surface area contributed by atoms with Crippen molar-refractivity contribution >= 4 is 5.95 Å². The minimum atomic E-state index is -0.166. The van der Waals surface area contributed by atoms with Crippen LogP contribution in [0, 0.1) is 0 Å². The van der Waals surface area contributed by atoms with Crippen molar-refractivity contribution in [3.63, 3.8) is 0 Å². The van der Waals surface area contributed by atoms with Crippen LogP contribution in [0.5, 0.6) is 0 Å². The second-order valence-corrected chi connectivity index (χ2v) is 4.81. The Hall–Kier alpha value is -2.88. The molecule has 0 saturated heterocycles. The number of anilines is 1. The smallest absolute Gasteiger partial charge is 0.255 e. The predicted octanol–water partition coefficient (Wildman–Crippen LogP) is 2.70. The third-order valence-electron chi connectivity index (χ3n) is 3.46. The highest BCUT2D eigenvalue weighted by molar-refractivity contribution is 5.81. The highest BCUT2D eigenvalue weighted by atomic mass is 16.1. The van der Waals surface area contributed by atoms with Crippen LogP contribution in [0.1, 0.15) is 0 Å². The van der Waals surface area contributed by atoms with Crippen molar-refractivity contribution in [2.45, 2.75) is 0 Å². The van der Waals surface area contributed by atoms with E-state index in [2.05, 4.69) is 4.98 Å². The van der Waals surface area contributed by atoms with Crippen LogP contribution < -0.4 is 11.3 Å². The average molecular weight is 277 g/mol. The van der Waals surface area contributed by atoms with Gasteiger partial charge in [0, 0.05) is 18.7 Å². The zero-order valence-corrected chi connectivity index (χ0v) is 11.7. The molecule has 4 nitrogen and oxygen atoms in total. The van der Waals surface area contributed by atoms with Crippen LogP contribution in [0.15, 0.2) is 65.5 Å². The van der Waals surface area contributed by atoms with Crippen molar-refractivity contribution in [1.82, 2.24) is 9.55 Å². The van der Waals surface area contributed by atoms with E-state index in [1.54, 1.807) is 7.05 Å². The molecule has 1 aromatic heterocycles. The van der Waals surface area contributed by atoms with Gasteiger partial charge in [-0.2, -0.15) is 0 Å². The van der Waals surface area contributed by atoms with Crippen molar-refractivity contribution in [2.75, 3.05) is 5.73 Å². The Morgan fingerprint density at radius 2 is 1.57 bits per heavy atom. The standard InChI is InChI=1S/C17H15N3O/c1-20-16(21)11-15(19-17(20)18)14-10-6-5-9-13(14)12-7-3-2-4-8-12/h2-11H,1H3,(H2,18,19). The molecule has 3 aromatic rings. The van der Waals surface area contributed by atoms with Crippen LogP contribution in [0.25, 0.3) is 22.4 Å². The maximum atomic E-state index is 11.9. The van der Waals surface area contributed by atoms with E-state index < -0.39 is 0 Å². The number of benzene rings is 2. The van der Waals surface area contributed by atoms with Crippen LogP contribution in [0.3, 0.4) is 0 Å². The molecule has 4 heteroatoms. The molecule has 0 unspecified atom stereocenters. The molecule has 0 amide bonds. The SMILES string of the molecule is Cn1c(N)nc(-c2ccccc2-c2ccccc2)cc1=O. The van der Waals surface area contributed by atoms with Crippen molar-refractivity contribution in [1.29, 1.82) is 0 Å². The molecule has 1 heterocycles. The number of rotatable bonds is 2. The van der Waals surface area contributed by atoms with Gasteiger partial charge in [0.05, 0.1) is 5.69 Å². The molecule has 0 bridgehead atoms. The molecule has 0 radical (unpaired) electrons. The minimum Gasteiger partial charge on any atom is -0.369 e. The van der Waals surface area contributed by atoms with Gasteiger partial charge in [0.2, 0.25) is 5.95 Å². The normalized spacial score (nSPS) is 10.5. The molecule has 0 aliphatic carbocycles. The molecule has 104 valence electrons. The predicted molar refractivity (Wildman–Crippen MR) is 84.8 cm³/mol. The summed E-state index contributed by atoms with van der Waals surface area (Å²) in [5, 5.41) is 0. The fraction of sp³-hybridized carbons (Fsp3) is 0.0588. The topological polar surface area (TPSA) is 60.9 Å². The maximum Gasteiger partial charge on any atom is 0.255 e. The zero-order chi connectivity index (χ0) is 14.8. The summed E-state index contributed by atoms with van der Waals surface area (Å²) in [6.07, 6.45) is 0. The van der Waals surface area contributed by atoms with Crippen LogP contribution in [-0.2, 0) is 7.05 Å². The first-order valence-corrected chi connectivity index (χ1v) is 6.65. The van der Waals surface area contributed by atoms with E-state index >= 15 is 0 Å². The van der Waals surface area contributed by atoms with Gasteiger partial charge >= 0.3 is 0 Å². The summed E-state index contributed by atoms with van der Waals surface area (Å²) in [6.45, 7) is 0. The lowest BCUT2D eigenvalue weighted by molar-refractivity contribution is 0.845. The van der Waals surface area contributed by atoms with Crippen molar-refractivity contribution < 1.29 is 0 Å². The zero-order valence-electron chi connectivity index (χ0n) is 11.7. The summed E-state index contributed by atoms with van der Waals surface area (Å²) < 4.78 is 1.33. The molecular weight excluding hydrogens is 262 g/mol. The summed E-state index contributed by atoms with van der Waals surface area (Å²) >= 11 is 0. The Morgan fingerprint density at radius 3 is 2.24 bits per heavy atom. The number of nitrogens with zero attached hydrogens (tertiary/aromatic N) is 2. The first-order chi connectivity index (χ1) is 10.2. The van der Waals surface area contributed by atoms with E-state index in [0.717, 1.165) is 16.7 Å². The highest BCUT2D eigenvalue weighted by Crippen LogP contribution is 2.30. The summed E-state index contributed by atoms with van der Waals surface area (Å²) in [7, 11) is 1.61. The Morgan fingerprint density at radius 1 is 0.952 bits per heavy atom. The molecule has 2 N–H and O–H groups in total. The van der Waals surface area contributed by atoms with Crippen LogP contribution >= 0.6 is 0 Å². The van der Waals surface area contributed by atoms with Gasteiger partial charge in [-0.15, -0.1) is 0 Å². The van der Waals surface area contributed by atoms with Crippen LogP contribution in [-0.4, -0.2) is 9.55 Å². The van der Waals surface area contributed by atoms with Gasteiger partial charge in [0.15, 0.2) is 0 Å². The van der Waals surface area contributed by atoms with Gasteiger partial charge in [0.25, 0.3) is 5.56 Å². The number of hydrogen-bond donors (Lipinski definition) is 1. The van der Waals surface area contributed by atoms with Crippen molar-refractivity contribution in [3.05, 3.63) is 71.0 Å². The van der Waals surface area contributed by atoms with E-state index in [4.69, 9.17) is 5.73 Å².